The first-order chi connectivity index (χ1) is 33.6. The van der Waals surface area contributed by atoms with Crippen molar-refractivity contribution in [1.82, 2.24) is 39.5 Å². The minimum Gasteiger partial charge on any atom is -0.481 e. The zero-order valence-corrected chi connectivity index (χ0v) is 40.4. The van der Waals surface area contributed by atoms with Crippen LogP contribution in [0.5, 0.6) is 0 Å². The fraction of sp³-hybridized carbons (Fsp3) is 0.556. The zero-order chi connectivity index (χ0) is 52.6. The molecule has 3 rings (SSSR count). The molecule has 71 heavy (non-hydrogen) atoms. The third kappa shape index (κ3) is 23.1. The molecule has 2 amide bonds. The van der Waals surface area contributed by atoms with Gasteiger partial charge in [0, 0.05) is 93.2 Å². The number of aliphatic carboxylic acids is 6. The van der Waals surface area contributed by atoms with E-state index in [1.165, 1.54) is 12.4 Å². The molecule has 25 nitrogen and oxygen atoms in total. The minimum atomic E-state index is -2.20. The molecule has 0 saturated carbocycles. The lowest BCUT2D eigenvalue weighted by atomic mass is 9.83. The second-order valence-corrected chi connectivity index (χ2v) is 18.2. The van der Waals surface area contributed by atoms with E-state index < -0.39 is 102 Å². The van der Waals surface area contributed by atoms with Crippen molar-refractivity contribution >= 4 is 64.6 Å². The van der Waals surface area contributed by atoms with E-state index in [1.54, 1.807) is 33.7 Å². The quantitative estimate of drug-likeness (QED) is 0.0369. The van der Waals surface area contributed by atoms with Gasteiger partial charge in [-0.3, -0.25) is 52.5 Å². The number of hydrogen-bond acceptors (Lipinski definition) is 13. The van der Waals surface area contributed by atoms with E-state index in [9.17, 15) is 73.2 Å². The van der Waals surface area contributed by atoms with Crippen molar-refractivity contribution in [2.75, 3.05) is 31.4 Å². The Morgan fingerprint density at radius 1 is 0.577 bits per heavy atom. The second kappa shape index (κ2) is 29.4. The molecule has 1 unspecified atom stereocenters. The molecule has 0 radical (unpaired) electrons. The molecule has 0 aliphatic heterocycles. The van der Waals surface area contributed by atoms with E-state index in [-0.39, 0.29) is 77.5 Å². The van der Waals surface area contributed by atoms with Crippen LogP contribution in [0.4, 0.5) is 5.69 Å². The van der Waals surface area contributed by atoms with Crippen LogP contribution < -0.4 is 15.4 Å². The van der Waals surface area contributed by atoms with E-state index in [1.807, 2.05) is 24.1 Å². The van der Waals surface area contributed by atoms with Crippen LogP contribution in [0.25, 0.3) is 0 Å². The third-order valence-electron chi connectivity index (χ3n) is 11.9. The van der Waals surface area contributed by atoms with Crippen LogP contribution in [0.3, 0.4) is 0 Å². The highest BCUT2D eigenvalue weighted by Gasteiger charge is 2.35. The summed E-state index contributed by atoms with van der Waals surface area (Å²) >= 11 is -2.20. The Balaban J connectivity index is 1.88. The number of rotatable bonds is 38. The van der Waals surface area contributed by atoms with Crippen molar-refractivity contribution in [3.8, 4) is 0 Å². The maximum Gasteiger partial charge on any atom is 0.303 e. The molecule has 0 spiro atoms. The van der Waals surface area contributed by atoms with E-state index in [2.05, 4.69) is 30.2 Å². The number of imidazole rings is 2. The number of anilines is 1. The first kappa shape index (κ1) is 58.5. The summed E-state index contributed by atoms with van der Waals surface area (Å²) in [6.45, 7) is 1.32. The number of benzene rings is 1. The lowest BCUT2D eigenvalue weighted by molar-refractivity contribution is -0.140. The summed E-state index contributed by atoms with van der Waals surface area (Å²) in [5, 5.41) is 62.2. The number of carbonyl (C=O) groups excluding carboxylic acids is 2. The van der Waals surface area contributed by atoms with Crippen molar-refractivity contribution < 1.29 is 77.8 Å². The summed E-state index contributed by atoms with van der Waals surface area (Å²) in [7, 11) is 1.95. The van der Waals surface area contributed by atoms with E-state index in [0.29, 0.717) is 49.8 Å². The largest absolute Gasteiger partial charge is 0.481 e. The number of nitrogens with zero attached hydrogens (tertiary/aromatic N) is 6. The van der Waals surface area contributed by atoms with Crippen LogP contribution in [0, 0.1) is 0 Å². The molecule has 2 aromatic heterocycles. The number of amides is 2. The summed E-state index contributed by atoms with van der Waals surface area (Å²) in [6.07, 6.45) is 3.99. The number of nitrogens with one attached hydrogen (secondary N) is 3. The molecule has 0 aliphatic rings. The third-order valence-corrected chi connectivity index (χ3v) is 12.3. The normalized spacial score (nSPS) is 12.1. The Morgan fingerprint density at radius 2 is 0.986 bits per heavy atom. The van der Waals surface area contributed by atoms with Gasteiger partial charge in [0.25, 0.3) is 11.3 Å². The lowest BCUT2D eigenvalue weighted by Gasteiger charge is -2.35. The smallest absolute Gasteiger partial charge is 0.303 e. The standard InChI is InChI=1S/C45H65N9O16S/c1-51(25-14-32-5-7-33(8-6-32)50-71(69)70)23-3-24-52(29-35-47-22-27-54(35)31-37(56)49-45(18-11-41(63)64,19-12-42(65)66)20-13-43(67)68)28-34-46-21-26-53(34)30-36(55)48-44(16-9-39(59)60,17-10-40(61)62)15-2-4-38(57)58/h5-8,21-22,26-27,50H,2-4,9-20,23-25,28-31H2,1H3,(H,48,55)(H,49,56)(H,57,58)(H,59,60)(H,61,62)(H,63,64)(H,65,66)(H,67,68)(H,69,70). The maximum absolute atomic E-state index is 13.8. The summed E-state index contributed by atoms with van der Waals surface area (Å²) in [5.41, 5.74) is -1.30. The Hall–Kier alpha value is -6.77. The Labute approximate surface area is 412 Å². The minimum absolute atomic E-state index is 0.0147. The van der Waals surface area contributed by atoms with Gasteiger partial charge in [0.05, 0.1) is 13.1 Å². The van der Waals surface area contributed by atoms with Crippen molar-refractivity contribution in [3.05, 3.63) is 66.3 Å². The highest BCUT2D eigenvalue weighted by Crippen LogP contribution is 2.28. The number of likely N-dealkylation sites (N-methyl/N-ethyl adjacent to an activating group) is 1. The van der Waals surface area contributed by atoms with Crippen molar-refractivity contribution in [2.45, 2.75) is 134 Å². The fourth-order valence-corrected chi connectivity index (χ4v) is 8.47. The van der Waals surface area contributed by atoms with Crippen LogP contribution in [0.2, 0.25) is 0 Å². The van der Waals surface area contributed by atoms with Crippen molar-refractivity contribution in [3.63, 3.8) is 0 Å². The number of carboxylic acid groups (broad SMARTS) is 6. The number of carboxylic acids is 6. The maximum atomic E-state index is 13.8. The van der Waals surface area contributed by atoms with E-state index in [0.717, 1.165) is 5.56 Å². The Bertz CT molecular complexity index is 2220. The molecule has 10 N–H and O–H groups in total. The van der Waals surface area contributed by atoms with Gasteiger partial charge in [0.2, 0.25) is 11.8 Å². The van der Waals surface area contributed by atoms with Gasteiger partial charge in [-0.1, -0.05) is 12.1 Å². The molecular formula is C45H65N9O16S. The van der Waals surface area contributed by atoms with Crippen LogP contribution in [-0.4, -0.2) is 154 Å². The van der Waals surface area contributed by atoms with Gasteiger partial charge in [-0.15, -0.1) is 0 Å². The molecule has 1 atom stereocenters. The highest BCUT2D eigenvalue weighted by molar-refractivity contribution is 7.80. The molecule has 0 saturated heterocycles. The summed E-state index contributed by atoms with van der Waals surface area (Å²) in [6, 6.07) is 7.11. The fourth-order valence-electron chi connectivity index (χ4n) is 8.14. The molecule has 0 fully saturated rings. The average molecular weight is 1020 g/mol. The lowest BCUT2D eigenvalue weighted by Crippen LogP contribution is -2.50. The summed E-state index contributed by atoms with van der Waals surface area (Å²) < 4.78 is 25.7. The van der Waals surface area contributed by atoms with Gasteiger partial charge in [0.15, 0.2) is 0 Å². The zero-order valence-electron chi connectivity index (χ0n) is 39.6. The molecule has 0 bridgehead atoms. The van der Waals surface area contributed by atoms with Crippen LogP contribution in [0.15, 0.2) is 49.1 Å². The monoisotopic (exact) mass is 1020 g/mol. The van der Waals surface area contributed by atoms with Crippen LogP contribution in [-0.2, 0) is 82.2 Å². The van der Waals surface area contributed by atoms with Crippen molar-refractivity contribution in [1.29, 1.82) is 0 Å². The first-order valence-corrected chi connectivity index (χ1v) is 24.0. The predicted octanol–water partition coefficient (Wildman–Crippen LogP) is 2.48. The molecule has 26 heteroatoms. The van der Waals surface area contributed by atoms with Gasteiger partial charge in [-0.2, -0.15) is 0 Å². The summed E-state index contributed by atoms with van der Waals surface area (Å²) in [4.78, 5) is 110. The SMILES string of the molecule is CN(CCCN(Cc1nccn1CC(=O)NC(CCCC(=O)O)(CCC(=O)O)CCC(=O)O)Cc1nccn1CC(=O)NC(CCC(=O)O)(CCC(=O)O)CCC(=O)O)CCc1ccc(NS(=O)O)cc1. The van der Waals surface area contributed by atoms with Gasteiger partial charge in [-0.05, 0) is 89.1 Å². The van der Waals surface area contributed by atoms with Gasteiger partial charge in [0.1, 0.15) is 24.7 Å². The summed E-state index contributed by atoms with van der Waals surface area (Å²) in [5.74, 6) is -7.52. The molecule has 1 aromatic carbocycles. The highest BCUT2D eigenvalue weighted by atomic mass is 32.2. The number of aromatic nitrogens is 4. The van der Waals surface area contributed by atoms with Crippen LogP contribution >= 0.6 is 0 Å². The molecular weight excluding hydrogens is 955 g/mol. The van der Waals surface area contributed by atoms with Gasteiger partial charge < -0.3 is 55.3 Å². The molecule has 2 heterocycles. The first-order valence-electron chi connectivity index (χ1n) is 22.9. The molecule has 392 valence electrons. The van der Waals surface area contributed by atoms with Crippen molar-refractivity contribution in [2.24, 2.45) is 0 Å². The number of carbonyl (C=O) groups is 8. The predicted molar refractivity (Wildman–Crippen MR) is 253 cm³/mol. The molecule has 3 aromatic rings. The Morgan fingerprint density at radius 3 is 1.38 bits per heavy atom. The second-order valence-electron chi connectivity index (χ2n) is 17.5. The van der Waals surface area contributed by atoms with Gasteiger partial charge >= 0.3 is 35.8 Å². The molecule has 0 aliphatic carbocycles. The van der Waals surface area contributed by atoms with E-state index in [4.69, 9.17) is 4.55 Å². The van der Waals surface area contributed by atoms with Gasteiger partial charge in [-0.25, -0.2) is 14.2 Å². The topological polar surface area (TPSA) is 373 Å². The Kier molecular flexibility index (Phi) is 24.3. The number of hydrogen-bond donors (Lipinski definition) is 10. The average Bonchev–Trinajstić information content (AvgIpc) is 3.92. The van der Waals surface area contributed by atoms with E-state index >= 15 is 0 Å². The van der Waals surface area contributed by atoms with Crippen LogP contribution in [0.1, 0.15) is 107 Å².